The molecule has 2 aromatic carbocycles. The quantitative estimate of drug-likeness (QED) is 0.582. The molecule has 0 saturated heterocycles. The Kier molecular flexibility index (Phi) is 5.39. The summed E-state index contributed by atoms with van der Waals surface area (Å²) < 4.78 is 27.0. The fourth-order valence-corrected chi connectivity index (χ4v) is 3.93. The first-order chi connectivity index (χ1) is 11.8. The Balaban J connectivity index is 2.47. The number of rotatable bonds is 6. The molecule has 25 heavy (non-hydrogen) atoms. The lowest BCUT2D eigenvalue weighted by molar-refractivity contribution is -0.385. The molecule has 0 bridgehead atoms. The normalized spacial score (nSPS) is 10.9. The topological polar surface area (TPSA) is 104 Å². The fraction of sp³-hybridized carbons (Fsp3) is 0.235. The van der Waals surface area contributed by atoms with Gasteiger partial charge < -0.3 is 0 Å². The van der Waals surface area contributed by atoms with Crippen LogP contribution >= 0.6 is 0 Å². The van der Waals surface area contributed by atoms with Crippen LogP contribution in [0.4, 0.5) is 11.4 Å². The standard InChI is InChI=1S/C17H17N3O4S/c1-3-19(15-7-5-14(6-8-15)10-11-18)25(23,24)16-9-4-13(2)17(12-16)20(21)22/h4-9,12H,3,10H2,1-2H3. The summed E-state index contributed by atoms with van der Waals surface area (Å²) >= 11 is 0. The minimum atomic E-state index is -3.94. The van der Waals surface area contributed by atoms with Crippen LogP contribution in [-0.4, -0.2) is 19.9 Å². The van der Waals surface area contributed by atoms with Gasteiger partial charge in [0.05, 0.1) is 28.0 Å². The van der Waals surface area contributed by atoms with Crippen LogP contribution in [0.3, 0.4) is 0 Å². The molecule has 2 rings (SSSR count). The van der Waals surface area contributed by atoms with Gasteiger partial charge in [-0.1, -0.05) is 18.2 Å². The number of hydrogen-bond donors (Lipinski definition) is 0. The average molecular weight is 359 g/mol. The maximum Gasteiger partial charge on any atom is 0.273 e. The van der Waals surface area contributed by atoms with E-state index >= 15 is 0 Å². The van der Waals surface area contributed by atoms with Crippen LogP contribution < -0.4 is 4.31 Å². The largest absolute Gasteiger partial charge is 0.273 e. The van der Waals surface area contributed by atoms with E-state index in [0.29, 0.717) is 11.3 Å². The third-order valence-corrected chi connectivity index (χ3v) is 5.66. The zero-order chi connectivity index (χ0) is 18.6. The monoisotopic (exact) mass is 359 g/mol. The molecule has 0 atom stereocenters. The molecule has 0 spiro atoms. The highest BCUT2D eigenvalue weighted by molar-refractivity contribution is 7.92. The van der Waals surface area contributed by atoms with Crippen LogP contribution in [-0.2, 0) is 16.4 Å². The zero-order valence-corrected chi connectivity index (χ0v) is 14.7. The predicted octanol–water partition coefficient (Wildman–Crippen LogP) is 3.18. The average Bonchev–Trinajstić information content (AvgIpc) is 2.57. The molecular weight excluding hydrogens is 342 g/mol. The van der Waals surface area contributed by atoms with Crippen molar-refractivity contribution in [1.29, 1.82) is 5.26 Å². The molecule has 0 aliphatic rings. The number of nitro benzene ring substituents is 1. The Morgan fingerprint density at radius 1 is 1.20 bits per heavy atom. The Morgan fingerprint density at radius 3 is 2.36 bits per heavy atom. The van der Waals surface area contributed by atoms with Crippen molar-refractivity contribution in [3.63, 3.8) is 0 Å². The van der Waals surface area contributed by atoms with Crippen LogP contribution in [0.1, 0.15) is 18.1 Å². The van der Waals surface area contributed by atoms with Crippen LogP contribution in [0.15, 0.2) is 47.4 Å². The first-order valence-corrected chi connectivity index (χ1v) is 8.99. The van der Waals surface area contributed by atoms with Gasteiger partial charge in [0.1, 0.15) is 0 Å². The Morgan fingerprint density at radius 2 is 1.84 bits per heavy atom. The number of nitriles is 1. The first kappa shape index (κ1) is 18.4. The van der Waals surface area contributed by atoms with Crippen molar-refractivity contribution in [2.75, 3.05) is 10.8 Å². The van der Waals surface area contributed by atoms with Crippen LogP contribution in [0.25, 0.3) is 0 Å². The third kappa shape index (κ3) is 3.78. The van der Waals surface area contributed by atoms with E-state index in [1.165, 1.54) is 16.4 Å². The van der Waals surface area contributed by atoms with Gasteiger partial charge in [-0.2, -0.15) is 5.26 Å². The minimum absolute atomic E-state index is 0.132. The van der Waals surface area contributed by atoms with Gasteiger partial charge in [-0.25, -0.2) is 8.42 Å². The van der Waals surface area contributed by atoms with Gasteiger partial charge in [0.25, 0.3) is 15.7 Å². The molecule has 0 fully saturated rings. The van der Waals surface area contributed by atoms with Crippen molar-refractivity contribution >= 4 is 21.4 Å². The van der Waals surface area contributed by atoms with Crippen LogP contribution in [0.2, 0.25) is 0 Å². The molecule has 7 nitrogen and oxygen atoms in total. The number of hydrogen-bond acceptors (Lipinski definition) is 5. The van der Waals surface area contributed by atoms with E-state index < -0.39 is 14.9 Å². The minimum Gasteiger partial charge on any atom is -0.267 e. The van der Waals surface area contributed by atoms with Crippen molar-refractivity contribution in [3.8, 4) is 6.07 Å². The number of anilines is 1. The molecule has 0 radical (unpaired) electrons. The second-order valence-electron chi connectivity index (χ2n) is 5.38. The van der Waals surface area contributed by atoms with Gasteiger partial charge in [0, 0.05) is 18.2 Å². The van der Waals surface area contributed by atoms with Crippen LogP contribution in [0.5, 0.6) is 0 Å². The maximum absolute atomic E-state index is 12.9. The second kappa shape index (κ2) is 7.32. The van der Waals surface area contributed by atoms with Crippen molar-refractivity contribution < 1.29 is 13.3 Å². The van der Waals surface area contributed by atoms with E-state index in [0.717, 1.165) is 11.6 Å². The van der Waals surface area contributed by atoms with Gasteiger partial charge in [-0.05, 0) is 37.6 Å². The third-order valence-electron chi connectivity index (χ3n) is 3.76. The highest BCUT2D eigenvalue weighted by Crippen LogP contribution is 2.28. The lowest BCUT2D eigenvalue weighted by atomic mass is 10.1. The van der Waals surface area contributed by atoms with Gasteiger partial charge >= 0.3 is 0 Å². The summed E-state index contributed by atoms with van der Waals surface area (Å²) in [7, 11) is -3.94. The summed E-state index contributed by atoms with van der Waals surface area (Å²) in [6, 6.07) is 12.5. The molecule has 0 saturated carbocycles. The number of benzene rings is 2. The fourth-order valence-electron chi connectivity index (χ4n) is 2.44. The Bertz CT molecular complexity index is 931. The van der Waals surface area contributed by atoms with Gasteiger partial charge in [-0.3, -0.25) is 14.4 Å². The van der Waals surface area contributed by atoms with Gasteiger partial charge in [0.15, 0.2) is 0 Å². The molecule has 0 amide bonds. The number of sulfonamides is 1. The molecule has 2 aromatic rings. The zero-order valence-electron chi connectivity index (χ0n) is 13.8. The Hall–Kier alpha value is -2.92. The molecule has 0 heterocycles. The summed E-state index contributed by atoms with van der Waals surface area (Å²) in [5.41, 5.74) is 1.38. The number of aryl methyl sites for hydroxylation is 1. The number of nitrogens with zero attached hydrogens (tertiary/aromatic N) is 3. The molecule has 0 N–H and O–H groups in total. The lowest BCUT2D eigenvalue weighted by Crippen LogP contribution is -2.30. The molecular formula is C17H17N3O4S. The highest BCUT2D eigenvalue weighted by atomic mass is 32.2. The second-order valence-corrected chi connectivity index (χ2v) is 7.24. The smallest absolute Gasteiger partial charge is 0.267 e. The van der Waals surface area contributed by atoms with E-state index in [-0.39, 0.29) is 23.5 Å². The summed E-state index contributed by atoms with van der Waals surface area (Å²) in [5, 5.41) is 19.8. The molecule has 0 aliphatic carbocycles. The van der Waals surface area contributed by atoms with E-state index in [1.54, 1.807) is 38.1 Å². The van der Waals surface area contributed by atoms with Gasteiger partial charge in [-0.15, -0.1) is 0 Å². The highest BCUT2D eigenvalue weighted by Gasteiger charge is 2.26. The van der Waals surface area contributed by atoms with Crippen molar-refractivity contribution in [3.05, 3.63) is 63.7 Å². The summed E-state index contributed by atoms with van der Waals surface area (Å²) in [6.45, 7) is 3.41. The van der Waals surface area contributed by atoms with E-state index in [2.05, 4.69) is 0 Å². The molecule has 130 valence electrons. The van der Waals surface area contributed by atoms with Crippen molar-refractivity contribution in [2.24, 2.45) is 0 Å². The SMILES string of the molecule is CCN(c1ccc(CC#N)cc1)S(=O)(=O)c1ccc(C)c([N+](=O)[O-])c1. The molecule has 8 heteroatoms. The number of nitro groups is 1. The summed E-state index contributed by atoms with van der Waals surface area (Å²) in [6.07, 6.45) is 0.239. The van der Waals surface area contributed by atoms with Crippen molar-refractivity contribution in [1.82, 2.24) is 0 Å². The molecule has 0 aromatic heterocycles. The van der Waals surface area contributed by atoms with E-state index in [4.69, 9.17) is 5.26 Å². The Labute approximate surface area is 146 Å². The van der Waals surface area contributed by atoms with E-state index in [9.17, 15) is 18.5 Å². The van der Waals surface area contributed by atoms with Crippen molar-refractivity contribution in [2.45, 2.75) is 25.2 Å². The van der Waals surface area contributed by atoms with E-state index in [1.807, 2.05) is 6.07 Å². The molecule has 0 unspecified atom stereocenters. The lowest BCUT2D eigenvalue weighted by Gasteiger charge is -2.23. The molecule has 0 aliphatic heterocycles. The summed E-state index contributed by atoms with van der Waals surface area (Å²) in [4.78, 5) is 10.4. The first-order valence-electron chi connectivity index (χ1n) is 7.55. The maximum atomic E-state index is 12.9. The van der Waals surface area contributed by atoms with Gasteiger partial charge in [0.2, 0.25) is 0 Å². The van der Waals surface area contributed by atoms with Crippen LogP contribution in [0, 0.1) is 28.4 Å². The predicted molar refractivity (Wildman–Crippen MR) is 93.8 cm³/mol. The summed E-state index contributed by atoms with van der Waals surface area (Å²) in [5.74, 6) is 0.